The molecule has 0 amide bonds. The largest absolute Gasteiger partial charge is 0.368 e. The van der Waals surface area contributed by atoms with Gasteiger partial charge in [0.05, 0.1) is 0 Å². The van der Waals surface area contributed by atoms with E-state index >= 15 is 0 Å². The van der Waals surface area contributed by atoms with Crippen molar-refractivity contribution >= 4 is 5.95 Å². The zero-order valence-electron chi connectivity index (χ0n) is 9.40. The van der Waals surface area contributed by atoms with Gasteiger partial charge in [-0.15, -0.1) is 0 Å². The van der Waals surface area contributed by atoms with Gasteiger partial charge in [-0.3, -0.25) is 0 Å². The molecule has 1 aromatic heterocycles. The molecule has 0 saturated heterocycles. The predicted octanol–water partition coefficient (Wildman–Crippen LogP) is 0.100. The molecule has 1 heterocycles. The van der Waals surface area contributed by atoms with Crippen molar-refractivity contribution in [1.82, 2.24) is 20.2 Å². The van der Waals surface area contributed by atoms with E-state index in [1.807, 2.05) is 0 Å². The van der Waals surface area contributed by atoms with Gasteiger partial charge in [-0.2, -0.15) is 0 Å². The molecule has 0 aliphatic carbocycles. The van der Waals surface area contributed by atoms with Gasteiger partial charge in [0.1, 0.15) is 0 Å². The van der Waals surface area contributed by atoms with Gasteiger partial charge < -0.3 is 16.0 Å². The Morgan fingerprint density at radius 2 is 2.00 bits per heavy atom. The molecule has 84 valence electrons. The number of aromatic nitrogens is 2. The normalized spacial score (nSPS) is 10.9. The van der Waals surface area contributed by atoms with Crippen LogP contribution in [0.5, 0.6) is 0 Å². The van der Waals surface area contributed by atoms with Crippen LogP contribution in [0.1, 0.15) is 12.0 Å². The Bertz CT molecular complexity index is 270. The summed E-state index contributed by atoms with van der Waals surface area (Å²) >= 11 is 0. The van der Waals surface area contributed by atoms with E-state index in [2.05, 4.69) is 34.3 Å². The first kappa shape index (κ1) is 11.9. The van der Waals surface area contributed by atoms with Crippen LogP contribution in [0.4, 0.5) is 5.95 Å². The van der Waals surface area contributed by atoms with E-state index in [4.69, 9.17) is 5.73 Å². The molecule has 3 N–H and O–H groups in total. The van der Waals surface area contributed by atoms with Crippen molar-refractivity contribution in [2.24, 2.45) is 0 Å². The maximum atomic E-state index is 5.39. The predicted molar refractivity (Wildman–Crippen MR) is 61.3 cm³/mol. The van der Waals surface area contributed by atoms with E-state index in [9.17, 15) is 0 Å². The second kappa shape index (κ2) is 6.31. The van der Waals surface area contributed by atoms with Gasteiger partial charge >= 0.3 is 0 Å². The number of nitrogens with zero attached hydrogens (tertiary/aromatic N) is 3. The van der Waals surface area contributed by atoms with Crippen molar-refractivity contribution in [2.45, 2.75) is 13.0 Å². The van der Waals surface area contributed by atoms with Gasteiger partial charge in [-0.1, -0.05) is 0 Å². The van der Waals surface area contributed by atoms with Gasteiger partial charge in [-0.05, 0) is 33.6 Å². The summed E-state index contributed by atoms with van der Waals surface area (Å²) < 4.78 is 0. The second-order valence-electron chi connectivity index (χ2n) is 3.78. The minimum Gasteiger partial charge on any atom is -0.368 e. The summed E-state index contributed by atoms with van der Waals surface area (Å²) in [6.07, 6.45) is 4.64. The fraction of sp³-hybridized carbons (Fsp3) is 0.600. The van der Waals surface area contributed by atoms with E-state index in [1.165, 1.54) is 0 Å². The molecule has 0 aliphatic rings. The zero-order chi connectivity index (χ0) is 11.1. The lowest BCUT2D eigenvalue weighted by atomic mass is 10.3. The molecule has 0 spiro atoms. The number of nitrogen functional groups attached to an aromatic ring is 1. The minimum absolute atomic E-state index is 0.325. The molecule has 1 rings (SSSR count). The first-order chi connectivity index (χ1) is 7.18. The monoisotopic (exact) mass is 209 g/mol. The SMILES string of the molecule is CN(C)CCCNCc1cnc(N)nc1. The third kappa shape index (κ3) is 5.29. The summed E-state index contributed by atoms with van der Waals surface area (Å²) in [5, 5.41) is 3.33. The molecule has 0 bridgehead atoms. The van der Waals surface area contributed by atoms with E-state index in [-0.39, 0.29) is 0 Å². The molecule has 5 heteroatoms. The van der Waals surface area contributed by atoms with Gasteiger partial charge in [0.2, 0.25) is 5.95 Å². The van der Waals surface area contributed by atoms with Crippen LogP contribution in [0.3, 0.4) is 0 Å². The van der Waals surface area contributed by atoms with Crippen LogP contribution in [-0.4, -0.2) is 42.1 Å². The van der Waals surface area contributed by atoms with Gasteiger partial charge in [0.15, 0.2) is 0 Å². The first-order valence-corrected chi connectivity index (χ1v) is 5.10. The Balaban J connectivity index is 2.12. The van der Waals surface area contributed by atoms with Gasteiger partial charge in [0, 0.05) is 24.5 Å². The Labute approximate surface area is 90.7 Å². The lowest BCUT2D eigenvalue weighted by Crippen LogP contribution is -2.21. The van der Waals surface area contributed by atoms with E-state index in [0.29, 0.717) is 5.95 Å². The summed E-state index contributed by atoms with van der Waals surface area (Å²) in [5.41, 5.74) is 6.45. The molecule has 0 saturated carbocycles. The van der Waals surface area contributed by atoms with E-state index in [0.717, 1.165) is 31.6 Å². The second-order valence-corrected chi connectivity index (χ2v) is 3.78. The number of nitrogens with one attached hydrogen (secondary N) is 1. The Kier molecular flexibility index (Phi) is 5.00. The highest BCUT2D eigenvalue weighted by molar-refractivity contribution is 5.16. The van der Waals surface area contributed by atoms with Gasteiger partial charge in [-0.25, -0.2) is 9.97 Å². The smallest absolute Gasteiger partial charge is 0.219 e. The molecule has 0 fully saturated rings. The van der Waals surface area contributed by atoms with E-state index < -0.39 is 0 Å². The highest BCUT2D eigenvalue weighted by atomic mass is 15.1. The molecular weight excluding hydrogens is 190 g/mol. The molecule has 0 atom stereocenters. The van der Waals surface area contributed by atoms with Crippen molar-refractivity contribution < 1.29 is 0 Å². The zero-order valence-corrected chi connectivity index (χ0v) is 9.40. The topological polar surface area (TPSA) is 67.1 Å². The van der Waals surface area contributed by atoms with Crippen LogP contribution in [0.15, 0.2) is 12.4 Å². The van der Waals surface area contributed by atoms with Crippen LogP contribution in [0.2, 0.25) is 0 Å². The lowest BCUT2D eigenvalue weighted by molar-refractivity contribution is 0.394. The molecule has 0 aromatic carbocycles. The molecule has 0 radical (unpaired) electrons. The average Bonchev–Trinajstić information content (AvgIpc) is 2.20. The summed E-state index contributed by atoms with van der Waals surface area (Å²) in [7, 11) is 4.15. The third-order valence-corrected chi connectivity index (χ3v) is 2.01. The van der Waals surface area contributed by atoms with E-state index in [1.54, 1.807) is 12.4 Å². The number of anilines is 1. The number of hydrogen-bond donors (Lipinski definition) is 2. The van der Waals surface area contributed by atoms with Crippen LogP contribution >= 0.6 is 0 Å². The molecule has 0 unspecified atom stereocenters. The number of rotatable bonds is 6. The molecule has 1 aromatic rings. The fourth-order valence-electron chi connectivity index (χ4n) is 1.21. The van der Waals surface area contributed by atoms with Crippen LogP contribution in [0.25, 0.3) is 0 Å². The Hall–Kier alpha value is -1.20. The maximum Gasteiger partial charge on any atom is 0.219 e. The van der Waals surface area contributed by atoms with Crippen molar-refractivity contribution in [2.75, 3.05) is 32.9 Å². The van der Waals surface area contributed by atoms with Crippen LogP contribution in [-0.2, 0) is 6.54 Å². The van der Waals surface area contributed by atoms with Crippen LogP contribution in [0, 0.1) is 0 Å². The fourth-order valence-corrected chi connectivity index (χ4v) is 1.21. The Morgan fingerprint density at radius 1 is 1.33 bits per heavy atom. The highest BCUT2D eigenvalue weighted by Crippen LogP contribution is 1.95. The van der Waals surface area contributed by atoms with Gasteiger partial charge in [0.25, 0.3) is 0 Å². The molecule has 15 heavy (non-hydrogen) atoms. The summed E-state index contributed by atoms with van der Waals surface area (Å²) in [5.74, 6) is 0.325. The molecule has 5 nitrogen and oxygen atoms in total. The van der Waals surface area contributed by atoms with Crippen LogP contribution < -0.4 is 11.1 Å². The average molecular weight is 209 g/mol. The number of hydrogen-bond acceptors (Lipinski definition) is 5. The Morgan fingerprint density at radius 3 is 2.60 bits per heavy atom. The van der Waals surface area contributed by atoms with Crippen molar-refractivity contribution in [3.8, 4) is 0 Å². The molecular formula is C10H19N5. The third-order valence-electron chi connectivity index (χ3n) is 2.01. The number of nitrogens with two attached hydrogens (primary N) is 1. The summed E-state index contributed by atoms with van der Waals surface area (Å²) in [6, 6.07) is 0. The maximum absolute atomic E-state index is 5.39. The van der Waals surface area contributed by atoms with Crippen molar-refractivity contribution in [1.29, 1.82) is 0 Å². The lowest BCUT2D eigenvalue weighted by Gasteiger charge is -2.09. The minimum atomic E-state index is 0.325. The summed E-state index contributed by atoms with van der Waals surface area (Å²) in [4.78, 5) is 10.0. The quantitative estimate of drug-likeness (QED) is 0.650. The highest BCUT2D eigenvalue weighted by Gasteiger charge is 1.94. The first-order valence-electron chi connectivity index (χ1n) is 5.10. The molecule has 0 aliphatic heterocycles. The standard InChI is InChI=1S/C10H19N5/c1-15(2)5-3-4-12-6-9-7-13-10(11)14-8-9/h7-8,12H,3-6H2,1-2H3,(H2,11,13,14). The van der Waals surface area contributed by atoms with Crippen molar-refractivity contribution in [3.05, 3.63) is 18.0 Å². The van der Waals surface area contributed by atoms with Crippen molar-refractivity contribution in [3.63, 3.8) is 0 Å². The summed E-state index contributed by atoms with van der Waals surface area (Å²) in [6.45, 7) is 2.90.